The molecular weight excluding hydrogens is 260 g/mol. The first-order valence-corrected chi connectivity index (χ1v) is 6.57. The first kappa shape index (κ1) is 14.5. The van der Waals surface area contributed by atoms with Gasteiger partial charge in [0.25, 0.3) is 5.91 Å². The molecule has 20 heavy (non-hydrogen) atoms. The Hall–Kier alpha value is -1.92. The Labute approximate surface area is 117 Å². The molecule has 0 spiro atoms. The molecule has 0 bridgehead atoms. The minimum absolute atomic E-state index is 0.108. The Balaban J connectivity index is 1.90. The molecule has 6 nitrogen and oxygen atoms in total. The van der Waals surface area contributed by atoms with E-state index in [1.807, 2.05) is 0 Å². The number of carboxylic acids is 1. The van der Waals surface area contributed by atoms with Crippen molar-refractivity contribution in [3.8, 4) is 0 Å². The van der Waals surface area contributed by atoms with E-state index in [1.54, 1.807) is 12.1 Å². The van der Waals surface area contributed by atoms with Gasteiger partial charge in [-0.1, -0.05) is 6.07 Å². The van der Waals surface area contributed by atoms with E-state index < -0.39 is 5.97 Å². The average Bonchev–Trinajstić information content (AvgIpc) is 2.73. The summed E-state index contributed by atoms with van der Waals surface area (Å²) in [5.74, 6) is -1.08. The molecule has 1 aliphatic heterocycles. The molecule has 0 saturated carbocycles. The van der Waals surface area contributed by atoms with Crippen molar-refractivity contribution in [2.24, 2.45) is 5.92 Å². The van der Waals surface area contributed by atoms with Crippen LogP contribution in [0.2, 0.25) is 0 Å². The predicted molar refractivity (Wildman–Crippen MR) is 72.9 cm³/mol. The van der Waals surface area contributed by atoms with E-state index in [9.17, 15) is 9.59 Å². The second kappa shape index (κ2) is 7.02. The third-order valence-corrected chi connectivity index (χ3v) is 3.13. The third kappa shape index (κ3) is 4.04. The van der Waals surface area contributed by atoms with Gasteiger partial charge < -0.3 is 20.5 Å². The Morgan fingerprint density at radius 3 is 3.00 bits per heavy atom. The molecule has 1 saturated heterocycles. The minimum atomic E-state index is -1.04. The van der Waals surface area contributed by atoms with Crippen LogP contribution in [-0.2, 0) is 4.74 Å². The van der Waals surface area contributed by atoms with Gasteiger partial charge >= 0.3 is 5.97 Å². The van der Waals surface area contributed by atoms with Crippen LogP contribution in [0.5, 0.6) is 0 Å². The fraction of sp³-hybridized carbons (Fsp3) is 0.429. The first-order valence-electron chi connectivity index (χ1n) is 6.57. The van der Waals surface area contributed by atoms with E-state index in [4.69, 9.17) is 9.84 Å². The number of rotatable bonds is 4. The molecule has 3 N–H and O–H groups in total. The molecule has 1 fully saturated rings. The maximum Gasteiger partial charge on any atom is 0.335 e. The lowest BCUT2D eigenvalue weighted by Gasteiger charge is -2.14. The number of nitrogens with one attached hydrogen (secondary N) is 2. The van der Waals surface area contributed by atoms with Crippen LogP contribution in [0, 0.1) is 5.92 Å². The lowest BCUT2D eigenvalue weighted by Crippen LogP contribution is -2.35. The van der Waals surface area contributed by atoms with E-state index in [0.29, 0.717) is 25.3 Å². The van der Waals surface area contributed by atoms with Gasteiger partial charge in [0, 0.05) is 31.1 Å². The Kier molecular flexibility index (Phi) is 5.09. The summed E-state index contributed by atoms with van der Waals surface area (Å²) >= 11 is 0. The van der Waals surface area contributed by atoms with Crippen LogP contribution < -0.4 is 10.6 Å². The van der Waals surface area contributed by atoms with Crippen LogP contribution in [0.4, 0.5) is 0 Å². The minimum Gasteiger partial charge on any atom is -0.478 e. The monoisotopic (exact) mass is 278 g/mol. The van der Waals surface area contributed by atoms with Gasteiger partial charge in [-0.25, -0.2) is 4.79 Å². The smallest absolute Gasteiger partial charge is 0.335 e. The molecule has 1 amide bonds. The van der Waals surface area contributed by atoms with E-state index in [0.717, 1.165) is 13.1 Å². The lowest BCUT2D eigenvalue weighted by molar-refractivity contribution is 0.0697. The Morgan fingerprint density at radius 1 is 1.40 bits per heavy atom. The van der Waals surface area contributed by atoms with Crippen molar-refractivity contribution < 1.29 is 19.4 Å². The molecule has 1 unspecified atom stereocenters. The number of aromatic carboxylic acids is 1. The topological polar surface area (TPSA) is 87.7 Å². The summed E-state index contributed by atoms with van der Waals surface area (Å²) in [6, 6.07) is 6.00. The number of carboxylic acid groups (broad SMARTS) is 1. The van der Waals surface area contributed by atoms with Gasteiger partial charge in [0.2, 0.25) is 0 Å². The van der Waals surface area contributed by atoms with E-state index >= 15 is 0 Å². The second-order valence-corrected chi connectivity index (χ2v) is 4.74. The van der Waals surface area contributed by atoms with Crippen LogP contribution in [0.3, 0.4) is 0 Å². The zero-order valence-electron chi connectivity index (χ0n) is 11.1. The number of hydrogen-bond acceptors (Lipinski definition) is 4. The van der Waals surface area contributed by atoms with E-state index in [1.165, 1.54) is 12.1 Å². The van der Waals surface area contributed by atoms with E-state index in [2.05, 4.69) is 10.6 Å². The van der Waals surface area contributed by atoms with Crippen molar-refractivity contribution >= 4 is 11.9 Å². The molecule has 2 rings (SSSR count). The molecule has 1 aliphatic rings. The van der Waals surface area contributed by atoms with Crippen molar-refractivity contribution in [2.45, 2.75) is 0 Å². The second-order valence-electron chi connectivity index (χ2n) is 4.74. The maximum atomic E-state index is 12.0. The standard InChI is InChI=1S/C14H18N2O4/c17-13(11-2-1-3-12(6-11)14(18)19)16-8-10-7-15-4-5-20-9-10/h1-3,6,10,15H,4-5,7-9H2,(H,16,17)(H,18,19). The lowest BCUT2D eigenvalue weighted by atomic mass is 10.1. The summed E-state index contributed by atoms with van der Waals surface area (Å²) < 4.78 is 5.40. The molecule has 1 heterocycles. The van der Waals surface area contributed by atoms with Crippen LogP contribution >= 0.6 is 0 Å². The molecule has 0 radical (unpaired) electrons. The number of carbonyl (C=O) groups excluding carboxylic acids is 1. The molecular formula is C14H18N2O4. The highest BCUT2D eigenvalue weighted by Gasteiger charge is 2.14. The normalized spacial score (nSPS) is 19.1. The molecule has 6 heteroatoms. The first-order chi connectivity index (χ1) is 9.66. The van der Waals surface area contributed by atoms with Crippen molar-refractivity contribution in [3.63, 3.8) is 0 Å². The van der Waals surface area contributed by atoms with Crippen LogP contribution in [0.25, 0.3) is 0 Å². The summed E-state index contributed by atoms with van der Waals surface area (Å²) in [5.41, 5.74) is 0.463. The van der Waals surface area contributed by atoms with Crippen molar-refractivity contribution in [3.05, 3.63) is 35.4 Å². The van der Waals surface area contributed by atoms with Gasteiger partial charge in [-0.3, -0.25) is 4.79 Å². The highest BCUT2D eigenvalue weighted by molar-refractivity contribution is 5.97. The van der Waals surface area contributed by atoms with Crippen molar-refractivity contribution in [2.75, 3.05) is 32.8 Å². The highest BCUT2D eigenvalue weighted by atomic mass is 16.5. The number of ether oxygens (including phenoxy) is 1. The maximum absolute atomic E-state index is 12.0. The zero-order chi connectivity index (χ0) is 14.4. The quantitative estimate of drug-likeness (QED) is 0.739. The van der Waals surface area contributed by atoms with Gasteiger partial charge in [-0.05, 0) is 18.2 Å². The van der Waals surface area contributed by atoms with Crippen molar-refractivity contribution in [1.82, 2.24) is 10.6 Å². The van der Waals surface area contributed by atoms with Gasteiger partial charge in [0.05, 0.1) is 18.8 Å². The van der Waals surface area contributed by atoms with Gasteiger partial charge in [-0.15, -0.1) is 0 Å². The Bertz CT molecular complexity index is 482. The number of carbonyl (C=O) groups is 2. The molecule has 0 aliphatic carbocycles. The summed E-state index contributed by atoms with van der Waals surface area (Å²) in [5, 5.41) is 14.9. The molecule has 0 aromatic heterocycles. The SMILES string of the molecule is O=C(O)c1cccc(C(=O)NCC2CNCCOC2)c1. The average molecular weight is 278 g/mol. The number of benzene rings is 1. The highest BCUT2D eigenvalue weighted by Crippen LogP contribution is 2.06. The van der Waals surface area contributed by atoms with Gasteiger partial charge in [0.15, 0.2) is 0 Å². The molecule has 1 aromatic carbocycles. The van der Waals surface area contributed by atoms with Crippen LogP contribution in [0.15, 0.2) is 24.3 Å². The van der Waals surface area contributed by atoms with E-state index in [-0.39, 0.29) is 17.4 Å². The summed E-state index contributed by atoms with van der Waals surface area (Å²) in [6.07, 6.45) is 0. The summed E-state index contributed by atoms with van der Waals surface area (Å²) in [6.45, 7) is 3.43. The predicted octanol–water partition coefficient (Wildman–Crippen LogP) is 0.351. The largest absolute Gasteiger partial charge is 0.478 e. The zero-order valence-corrected chi connectivity index (χ0v) is 11.1. The summed E-state index contributed by atoms with van der Waals surface area (Å²) in [4.78, 5) is 22.8. The Morgan fingerprint density at radius 2 is 2.20 bits per heavy atom. The number of hydrogen-bond donors (Lipinski definition) is 3. The van der Waals surface area contributed by atoms with Crippen LogP contribution in [0.1, 0.15) is 20.7 Å². The molecule has 1 atom stereocenters. The molecule has 108 valence electrons. The molecule has 1 aromatic rings. The fourth-order valence-electron chi connectivity index (χ4n) is 2.02. The van der Waals surface area contributed by atoms with Gasteiger partial charge in [0.1, 0.15) is 0 Å². The van der Waals surface area contributed by atoms with Crippen LogP contribution in [-0.4, -0.2) is 49.8 Å². The fourth-order valence-corrected chi connectivity index (χ4v) is 2.02. The summed E-state index contributed by atoms with van der Waals surface area (Å²) in [7, 11) is 0. The van der Waals surface area contributed by atoms with Gasteiger partial charge in [-0.2, -0.15) is 0 Å². The van der Waals surface area contributed by atoms with Crippen molar-refractivity contribution in [1.29, 1.82) is 0 Å². The number of amides is 1. The third-order valence-electron chi connectivity index (χ3n) is 3.13.